The van der Waals surface area contributed by atoms with Crippen LogP contribution in [0.4, 0.5) is 0 Å². The zero-order chi connectivity index (χ0) is 23.9. The average Bonchev–Trinajstić information content (AvgIpc) is 3.26. The second-order valence-corrected chi connectivity index (χ2v) is 9.20. The second-order valence-electron chi connectivity index (χ2n) is 6.98. The van der Waals surface area contributed by atoms with Crippen LogP contribution in [0.3, 0.4) is 0 Å². The van der Waals surface area contributed by atoms with Crippen LogP contribution in [-0.4, -0.2) is 30.0 Å². The van der Waals surface area contributed by atoms with Gasteiger partial charge in [-0.2, -0.15) is 5.10 Å². The third kappa shape index (κ3) is 6.31. The van der Waals surface area contributed by atoms with Gasteiger partial charge in [-0.05, 0) is 63.5 Å². The molecular weight excluding hydrogens is 542 g/mol. The number of fused-ring (bicyclic) bond motifs is 1. The van der Waals surface area contributed by atoms with E-state index in [2.05, 4.69) is 31.4 Å². The zero-order valence-corrected chi connectivity index (χ0v) is 21.1. The van der Waals surface area contributed by atoms with Crippen LogP contribution in [0.15, 0.2) is 79.9 Å². The van der Waals surface area contributed by atoms with Crippen LogP contribution in [0.5, 0.6) is 11.5 Å². The molecule has 7 nitrogen and oxygen atoms in total. The van der Waals surface area contributed by atoms with E-state index in [0.29, 0.717) is 38.4 Å². The minimum Gasteiger partial charge on any atom is -0.493 e. The Hall–Kier alpha value is -3.01. The van der Waals surface area contributed by atoms with E-state index in [-0.39, 0.29) is 11.7 Å². The van der Waals surface area contributed by atoms with Gasteiger partial charge in [0.25, 0.3) is 11.1 Å². The largest absolute Gasteiger partial charge is 0.493 e. The molecule has 0 spiro atoms. The molecule has 1 aromatic heterocycles. The second kappa shape index (κ2) is 11.4. The molecule has 0 atom stereocenters. The van der Waals surface area contributed by atoms with E-state index in [9.17, 15) is 4.79 Å². The molecule has 0 unspecified atom stereocenters. The molecule has 0 aliphatic rings. The summed E-state index contributed by atoms with van der Waals surface area (Å²) in [5, 5.41) is 5.13. The molecule has 1 amide bonds. The fourth-order valence-corrected chi connectivity index (χ4v) is 4.27. The maximum absolute atomic E-state index is 12.1. The lowest BCUT2D eigenvalue weighted by atomic mass is 10.2. The Kier molecular flexibility index (Phi) is 8.10. The van der Waals surface area contributed by atoms with Crippen molar-refractivity contribution in [2.75, 3.05) is 12.9 Å². The van der Waals surface area contributed by atoms with E-state index in [0.717, 1.165) is 16.6 Å². The molecule has 0 bridgehead atoms. The molecule has 34 heavy (non-hydrogen) atoms. The van der Waals surface area contributed by atoms with Gasteiger partial charge in [-0.1, -0.05) is 47.6 Å². The van der Waals surface area contributed by atoms with Gasteiger partial charge < -0.3 is 13.9 Å². The Labute approximate surface area is 213 Å². The van der Waals surface area contributed by atoms with E-state index < -0.39 is 0 Å². The van der Waals surface area contributed by atoms with Crippen molar-refractivity contribution in [2.45, 2.75) is 11.8 Å². The molecule has 1 heterocycles. The SMILES string of the molecule is COc1cc(C=NNC(=O)CSc2nc3ccccc3o2)cc(Br)c1OCc1ccc(Cl)cc1. The number of benzene rings is 3. The van der Waals surface area contributed by atoms with Crippen LogP contribution in [0.2, 0.25) is 5.02 Å². The van der Waals surface area contributed by atoms with Gasteiger partial charge in [-0.25, -0.2) is 10.4 Å². The first-order chi connectivity index (χ1) is 16.5. The van der Waals surface area contributed by atoms with Crippen molar-refractivity contribution in [3.05, 3.63) is 81.3 Å². The smallest absolute Gasteiger partial charge is 0.257 e. The minimum absolute atomic E-state index is 0.120. The summed E-state index contributed by atoms with van der Waals surface area (Å²) in [6.07, 6.45) is 1.53. The van der Waals surface area contributed by atoms with Gasteiger partial charge in [0, 0.05) is 5.02 Å². The number of halogens is 2. The molecular formula is C24H19BrClN3O4S. The Morgan fingerprint density at radius 2 is 2.03 bits per heavy atom. The lowest BCUT2D eigenvalue weighted by Crippen LogP contribution is -2.19. The number of carbonyl (C=O) groups excluding carboxylic acids is 1. The van der Waals surface area contributed by atoms with Crippen molar-refractivity contribution in [1.82, 2.24) is 10.4 Å². The highest BCUT2D eigenvalue weighted by Crippen LogP contribution is 2.37. The number of nitrogens with one attached hydrogen (secondary N) is 1. The van der Waals surface area contributed by atoms with E-state index in [1.807, 2.05) is 54.6 Å². The summed E-state index contributed by atoms with van der Waals surface area (Å²) in [6.45, 7) is 0.355. The first-order valence-electron chi connectivity index (χ1n) is 10.1. The van der Waals surface area contributed by atoms with Gasteiger partial charge in [0.15, 0.2) is 17.1 Å². The van der Waals surface area contributed by atoms with Crippen LogP contribution >= 0.6 is 39.3 Å². The number of hydrazone groups is 1. The van der Waals surface area contributed by atoms with Crippen LogP contribution in [0, 0.1) is 0 Å². The number of methoxy groups -OCH3 is 1. The summed E-state index contributed by atoms with van der Waals surface area (Å²) in [7, 11) is 1.56. The van der Waals surface area contributed by atoms with Crippen molar-refractivity contribution in [1.29, 1.82) is 0 Å². The minimum atomic E-state index is -0.280. The van der Waals surface area contributed by atoms with Crippen LogP contribution in [0.25, 0.3) is 11.1 Å². The lowest BCUT2D eigenvalue weighted by molar-refractivity contribution is -0.118. The highest BCUT2D eigenvalue weighted by molar-refractivity contribution is 9.10. The maximum Gasteiger partial charge on any atom is 0.257 e. The highest BCUT2D eigenvalue weighted by atomic mass is 79.9. The Bertz CT molecular complexity index is 1290. The molecule has 0 radical (unpaired) electrons. The number of hydrogen-bond acceptors (Lipinski definition) is 7. The highest BCUT2D eigenvalue weighted by Gasteiger charge is 2.12. The van der Waals surface area contributed by atoms with Crippen molar-refractivity contribution in [3.8, 4) is 11.5 Å². The number of thioether (sulfide) groups is 1. The van der Waals surface area contributed by atoms with Gasteiger partial charge in [-0.15, -0.1) is 0 Å². The van der Waals surface area contributed by atoms with E-state index in [1.54, 1.807) is 13.2 Å². The molecule has 3 aromatic carbocycles. The normalized spacial score (nSPS) is 11.1. The predicted molar refractivity (Wildman–Crippen MR) is 137 cm³/mol. The number of hydrogen-bond donors (Lipinski definition) is 1. The fourth-order valence-electron chi connectivity index (χ4n) is 2.94. The van der Waals surface area contributed by atoms with Crippen molar-refractivity contribution >= 4 is 62.5 Å². The maximum atomic E-state index is 12.1. The van der Waals surface area contributed by atoms with E-state index in [1.165, 1.54) is 18.0 Å². The van der Waals surface area contributed by atoms with Gasteiger partial charge in [0.2, 0.25) is 0 Å². The average molecular weight is 561 g/mol. The third-order valence-corrected chi connectivity index (χ3v) is 6.22. The van der Waals surface area contributed by atoms with Gasteiger partial charge in [0.05, 0.1) is 23.5 Å². The lowest BCUT2D eigenvalue weighted by Gasteiger charge is -2.13. The molecule has 0 saturated heterocycles. The number of nitrogens with zero attached hydrogens (tertiary/aromatic N) is 2. The number of para-hydroxylation sites is 2. The Morgan fingerprint density at radius 3 is 2.79 bits per heavy atom. The predicted octanol–water partition coefficient (Wildman–Crippen LogP) is 6.07. The van der Waals surface area contributed by atoms with E-state index >= 15 is 0 Å². The van der Waals surface area contributed by atoms with Crippen molar-refractivity contribution < 1.29 is 18.7 Å². The first-order valence-corrected chi connectivity index (χ1v) is 12.2. The summed E-state index contributed by atoms with van der Waals surface area (Å²) in [6, 6.07) is 18.4. The molecule has 10 heteroatoms. The summed E-state index contributed by atoms with van der Waals surface area (Å²) in [4.78, 5) is 16.5. The number of aromatic nitrogens is 1. The first kappa shape index (κ1) is 24.1. The third-order valence-electron chi connectivity index (χ3n) is 4.55. The van der Waals surface area contributed by atoms with Crippen LogP contribution in [-0.2, 0) is 11.4 Å². The molecule has 0 saturated carbocycles. The van der Waals surface area contributed by atoms with Gasteiger partial charge >= 0.3 is 0 Å². The number of rotatable bonds is 9. The standard InChI is InChI=1S/C24H19BrClN3O4S/c1-31-21-11-16(10-18(25)23(21)32-13-15-6-8-17(26)9-7-15)12-27-29-22(30)14-34-24-28-19-4-2-3-5-20(19)33-24/h2-12H,13-14H2,1H3,(H,29,30). The molecule has 174 valence electrons. The molecule has 4 aromatic rings. The monoisotopic (exact) mass is 559 g/mol. The van der Waals surface area contributed by atoms with Gasteiger partial charge in [0.1, 0.15) is 12.1 Å². The van der Waals surface area contributed by atoms with Crippen molar-refractivity contribution in [3.63, 3.8) is 0 Å². The van der Waals surface area contributed by atoms with E-state index in [4.69, 9.17) is 25.5 Å². The molecule has 4 rings (SSSR count). The summed E-state index contributed by atoms with van der Waals surface area (Å²) >= 11 is 10.6. The zero-order valence-electron chi connectivity index (χ0n) is 18.0. The Balaban J connectivity index is 1.33. The van der Waals surface area contributed by atoms with Gasteiger partial charge in [-0.3, -0.25) is 4.79 Å². The topological polar surface area (TPSA) is 86.0 Å². The molecule has 0 aliphatic carbocycles. The van der Waals surface area contributed by atoms with Crippen LogP contribution < -0.4 is 14.9 Å². The Morgan fingerprint density at radius 1 is 1.24 bits per heavy atom. The summed E-state index contributed by atoms with van der Waals surface area (Å²) in [5.74, 6) is 0.933. The fraction of sp³-hybridized carbons (Fsp3) is 0.125. The number of ether oxygens (including phenoxy) is 2. The number of amides is 1. The molecule has 0 fully saturated rings. The quantitative estimate of drug-likeness (QED) is 0.152. The molecule has 0 aliphatic heterocycles. The molecule has 1 N–H and O–H groups in total. The van der Waals surface area contributed by atoms with Crippen LogP contribution in [0.1, 0.15) is 11.1 Å². The number of carbonyl (C=O) groups is 1. The number of oxazole rings is 1. The van der Waals surface area contributed by atoms with Crippen molar-refractivity contribution in [2.24, 2.45) is 5.10 Å². The summed E-state index contributed by atoms with van der Waals surface area (Å²) in [5.41, 5.74) is 5.63. The summed E-state index contributed by atoms with van der Waals surface area (Å²) < 4.78 is 17.7.